The summed E-state index contributed by atoms with van der Waals surface area (Å²) in [5.41, 5.74) is 1.39. The van der Waals surface area contributed by atoms with Gasteiger partial charge in [0, 0.05) is 31.7 Å². The number of nitrogens with one attached hydrogen (secondary N) is 1. The number of piperidine rings is 1. The van der Waals surface area contributed by atoms with Gasteiger partial charge in [-0.25, -0.2) is 0 Å². The molecule has 2 aliphatic rings. The second kappa shape index (κ2) is 8.12. The van der Waals surface area contributed by atoms with Crippen molar-refractivity contribution in [3.05, 3.63) is 40.6 Å². The van der Waals surface area contributed by atoms with Gasteiger partial charge in [0.2, 0.25) is 5.91 Å². The van der Waals surface area contributed by atoms with Gasteiger partial charge >= 0.3 is 5.69 Å². The number of carbonyl (C=O) groups excluding carboxylic acids is 1. The van der Waals surface area contributed by atoms with E-state index in [2.05, 4.69) is 15.2 Å². The quantitative estimate of drug-likeness (QED) is 0.627. The molecule has 0 atom stereocenters. The average molecular weight is 382 g/mol. The van der Waals surface area contributed by atoms with Crippen molar-refractivity contribution in [2.75, 3.05) is 18.0 Å². The van der Waals surface area contributed by atoms with Crippen molar-refractivity contribution in [1.29, 1.82) is 0 Å². The van der Waals surface area contributed by atoms with E-state index in [1.165, 1.54) is 25.7 Å². The lowest BCUT2D eigenvalue weighted by Gasteiger charge is -2.34. The fourth-order valence-corrected chi connectivity index (χ4v) is 4.60. The molecule has 0 radical (unpaired) electrons. The molecule has 0 unspecified atom stereocenters. The maximum Gasteiger partial charge on any atom is 0.301 e. The van der Waals surface area contributed by atoms with Gasteiger partial charge in [-0.05, 0) is 55.9 Å². The molecule has 7 heteroatoms. The van der Waals surface area contributed by atoms with Gasteiger partial charge in [-0.2, -0.15) is 0 Å². The number of nitrogens with zero attached hydrogens (tertiary/aromatic N) is 3. The molecule has 0 bridgehead atoms. The van der Waals surface area contributed by atoms with Crippen molar-refractivity contribution in [3.8, 4) is 0 Å². The van der Waals surface area contributed by atoms with Crippen LogP contribution in [-0.2, 0) is 4.79 Å². The van der Waals surface area contributed by atoms with Crippen LogP contribution >= 0.6 is 0 Å². The molecule has 1 aromatic carbocycles. The zero-order valence-corrected chi connectivity index (χ0v) is 16.0. The molecule has 28 heavy (non-hydrogen) atoms. The molecule has 1 saturated carbocycles. The largest absolute Gasteiger partial charge is 0.366 e. The molecule has 1 aromatic heterocycles. The first-order valence-corrected chi connectivity index (χ1v) is 10.2. The Bertz CT molecular complexity index is 871. The number of carbonyl (C=O) groups is 1. The fraction of sp³-hybridized carbons (Fsp3) is 0.524. The highest BCUT2D eigenvalue weighted by molar-refractivity contribution is 5.94. The number of nitro benzene ring substituents is 1. The standard InChI is InChI=1S/C21H26N4O3/c26-20(14-15-4-1-2-5-15)23-16-9-12-24(13-10-16)19-8-7-18-17(6-3-11-22-18)21(19)25(27)28/h3,6-8,11,15-16H,1-2,4-5,9-10,12-14H2,(H,23,26). The first kappa shape index (κ1) is 18.7. The fourth-order valence-electron chi connectivity index (χ4n) is 4.60. The van der Waals surface area contributed by atoms with E-state index in [1.54, 1.807) is 24.4 Å². The van der Waals surface area contributed by atoms with Gasteiger partial charge in [-0.1, -0.05) is 12.8 Å². The predicted molar refractivity (Wildman–Crippen MR) is 108 cm³/mol. The Morgan fingerprint density at radius 1 is 1.18 bits per heavy atom. The van der Waals surface area contributed by atoms with Gasteiger partial charge in [0.15, 0.2) is 0 Å². The zero-order valence-electron chi connectivity index (χ0n) is 16.0. The number of amides is 1. The second-order valence-corrected chi connectivity index (χ2v) is 7.94. The SMILES string of the molecule is O=C(CC1CCCC1)NC1CCN(c2ccc3ncccc3c2[N+](=O)[O-])CC1. The summed E-state index contributed by atoms with van der Waals surface area (Å²) in [6.45, 7) is 1.39. The Morgan fingerprint density at radius 3 is 2.64 bits per heavy atom. The topological polar surface area (TPSA) is 88.4 Å². The van der Waals surface area contributed by atoms with E-state index in [0.717, 1.165) is 12.8 Å². The van der Waals surface area contributed by atoms with Crippen LogP contribution in [0.5, 0.6) is 0 Å². The van der Waals surface area contributed by atoms with Crippen LogP contribution < -0.4 is 10.2 Å². The van der Waals surface area contributed by atoms with E-state index in [1.807, 2.05) is 6.07 Å². The molecule has 1 saturated heterocycles. The summed E-state index contributed by atoms with van der Waals surface area (Å²) in [5, 5.41) is 15.5. The Balaban J connectivity index is 1.41. The molecular formula is C21H26N4O3. The van der Waals surface area contributed by atoms with E-state index >= 15 is 0 Å². The minimum atomic E-state index is -0.311. The molecular weight excluding hydrogens is 356 g/mol. The van der Waals surface area contributed by atoms with Crippen molar-refractivity contribution in [2.45, 2.75) is 51.0 Å². The van der Waals surface area contributed by atoms with E-state index in [-0.39, 0.29) is 22.6 Å². The van der Waals surface area contributed by atoms with E-state index in [9.17, 15) is 14.9 Å². The summed E-state index contributed by atoms with van der Waals surface area (Å²) in [5.74, 6) is 0.710. The molecule has 1 N–H and O–H groups in total. The molecule has 2 heterocycles. The summed E-state index contributed by atoms with van der Waals surface area (Å²) < 4.78 is 0. The molecule has 0 spiro atoms. The normalized spacial score (nSPS) is 18.5. The summed E-state index contributed by atoms with van der Waals surface area (Å²) >= 11 is 0. The number of aromatic nitrogens is 1. The summed E-state index contributed by atoms with van der Waals surface area (Å²) in [6.07, 6.45) is 8.73. The Hall–Kier alpha value is -2.70. The molecule has 2 aromatic rings. The Kier molecular flexibility index (Phi) is 5.41. The number of fused-ring (bicyclic) bond motifs is 1. The lowest BCUT2D eigenvalue weighted by molar-refractivity contribution is -0.382. The number of pyridine rings is 1. The van der Waals surface area contributed by atoms with Crippen molar-refractivity contribution in [2.24, 2.45) is 5.92 Å². The summed E-state index contributed by atoms with van der Waals surface area (Å²) in [4.78, 5) is 30.0. The monoisotopic (exact) mass is 382 g/mol. The first-order chi connectivity index (χ1) is 13.6. The molecule has 1 amide bonds. The second-order valence-electron chi connectivity index (χ2n) is 7.94. The van der Waals surface area contributed by atoms with Crippen LogP contribution in [0.4, 0.5) is 11.4 Å². The Morgan fingerprint density at radius 2 is 1.93 bits per heavy atom. The van der Waals surface area contributed by atoms with Gasteiger partial charge in [0.1, 0.15) is 5.69 Å². The summed E-state index contributed by atoms with van der Waals surface area (Å²) in [7, 11) is 0. The lowest BCUT2D eigenvalue weighted by atomic mass is 10.0. The highest BCUT2D eigenvalue weighted by Crippen LogP contribution is 2.36. The minimum Gasteiger partial charge on any atom is -0.366 e. The number of nitro groups is 1. The van der Waals surface area contributed by atoms with Crippen LogP contribution in [0.25, 0.3) is 10.9 Å². The molecule has 1 aliphatic heterocycles. The van der Waals surface area contributed by atoms with Gasteiger partial charge in [-0.15, -0.1) is 0 Å². The summed E-state index contributed by atoms with van der Waals surface area (Å²) in [6, 6.07) is 7.27. The van der Waals surface area contributed by atoms with Gasteiger partial charge < -0.3 is 10.2 Å². The van der Waals surface area contributed by atoms with Crippen molar-refractivity contribution in [3.63, 3.8) is 0 Å². The maximum absolute atomic E-state index is 12.3. The van der Waals surface area contributed by atoms with E-state index < -0.39 is 0 Å². The third-order valence-electron chi connectivity index (χ3n) is 6.07. The molecule has 2 fully saturated rings. The van der Waals surface area contributed by atoms with Gasteiger partial charge in [0.25, 0.3) is 0 Å². The number of rotatable bonds is 5. The minimum absolute atomic E-state index is 0.120. The first-order valence-electron chi connectivity index (χ1n) is 10.2. The number of anilines is 1. The highest BCUT2D eigenvalue weighted by atomic mass is 16.6. The average Bonchev–Trinajstić information content (AvgIpc) is 3.20. The van der Waals surface area contributed by atoms with Crippen LogP contribution in [0, 0.1) is 16.0 Å². The van der Waals surface area contributed by atoms with Crippen LogP contribution in [0.1, 0.15) is 44.9 Å². The van der Waals surface area contributed by atoms with Gasteiger partial charge in [0.05, 0.1) is 15.8 Å². The highest BCUT2D eigenvalue weighted by Gasteiger charge is 2.28. The van der Waals surface area contributed by atoms with Gasteiger partial charge in [-0.3, -0.25) is 19.9 Å². The third-order valence-corrected chi connectivity index (χ3v) is 6.07. The molecule has 148 valence electrons. The number of hydrogen-bond acceptors (Lipinski definition) is 5. The van der Waals surface area contributed by atoms with Crippen LogP contribution in [-0.4, -0.2) is 34.9 Å². The number of benzene rings is 1. The third kappa shape index (κ3) is 3.93. The van der Waals surface area contributed by atoms with E-state index in [0.29, 0.717) is 42.0 Å². The van der Waals surface area contributed by atoms with Crippen molar-refractivity contribution >= 4 is 28.2 Å². The van der Waals surface area contributed by atoms with Crippen LogP contribution in [0.3, 0.4) is 0 Å². The maximum atomic E-state index is 12.3. The molecule has 7 nitrogen and oxygen atoms in total. The Labute approximate surface area is 164 Å². The molecule has 4 rings (SSSR count). The zero-order chi connectivity index (χ0) is 19.5. The van der Waals surface area contributed by atoms with Crippen molar-refractivity contribution in [1.82, 2.24) is 10.3 Å². The predicted octanol–water partition coefficient (Wildman–Crippen LogP) is 3.81. The van der Waals surface area contributed by atoms with Crippen molar-refractivity contribution < 1.29 is 9.72 Å². The number of hydrogen-bond donors (Lipinski definition) is 1. The van der Waals surface area contributed by atoms with Crippen LogP contribution in [0.15, 0.2) is 30.5 Å². The van der Waals surface area contributed by atoms with E-state index in [4.69, 9.17) is 0 Å². The lowest BCUT2D eigenvalue weighted by Crippen LogP contribution is -2.45. The van der Waals surface area contributed by atoms with Crippen LogP contribution in [0.2, 0.25) is 0 Å². The molecule has 1 aliphatic carbocycles. The smallest absolute Gasteiger partial charge is 0.301 e.